The van der Waals surface area contributed by atoms with Crippen molar-refractivity contribution in [2.24, 2.45) is 0 Å². The number of anilines is 1. The summed E-state index contributed by atoms with van der Waals surface area (Å²) in [6.07, 6.45) is 1.71. The molecule has 0 bridgehead atoms. The second-order valence-electron chi connectivity index (χ2n) is 9.12. The second-order valence-corrected chi connectivity index (χ2v) is 10.1. The number of imidazole rings is 1. The summed E-state index contributed by atoms with van der Waals surface area (Å²) in [4.78, 5) is 50.1. The van der Waals surface area contributed by atoms with E-state index in [0.29, 0.717) is 47.3 Å². The Kier molecular flexibility index (Phi) is 7.50. The molecule has 1 fully saturated rings. The van der Waals surface area contributed by atoms with Crippen LogP contribution in [0.4, 0.5) is 5.13 Å². The van der Waals surface area contributed by atoms with Crippen molar-refractivity contribution in [3.8, 4) is 11.5 Å². The molecule has 1 aliphatic heterocycles. The number of fused-ring (bicyclic) bond motifs is 1. The van der Waals surface area contributed by atoms with Gasteiger partial charge < -0.3 is 19.3 Å². The SMILES string of the molecule is CCOc1ccc(C2/C(=C(\O)c3c(C)nc4ccccn34)C(=O)C(=O)N2c2nc(C)c(C(=O)OC)s2)cc1OCC. The molecule has 41 heavy (non-hydrogen) atoms. The highest BCUT2D eigenvalue weighted by molar-refractivity contribution is 7.17. The van der Waals surface area contributed by atoms with Crippen molar-refractivity contribution in [3.05, 3.63) is 75.7 Å². The average Bonchev–Trinajstić information content (AvgIpc) is 3.59. The van der Waals surface area contributed by atoms with Crippen LogP contribution in [0.15, 0.2) is 48.2 Å². The number of methoxy groups -OCH3 is 1. The van der Waals surface area contributed by atoms with Gasteiger partial charge in [-0.15, -0.1) is 0 Å². The number of aryl methyl sites for hydroxylation is 2. The third kappa shape index (κ3) is 4.69. The molecule has 11 nitrogen and oxygen atoms in total. The van der Waals surface area contributed by atoms with Gasteiger partial charge in [0.05, 0.1) is 43.3 Å². The van der Waals surface area contributed by atoms with Gasteiger partial charge in [-0.3, -0.25) is 18.9 Å². The molecule has 3 aromatic heterocycles. The number of amides is 1. The summed E-state index contributed by atoms with van der Waals surface area (Å²) in [7, 11) is 1.25. The number of ketones is 1. The first kappa shape index (κ1) is 27.8. The number of rotatable bonds is 8. The van der Waals surface area contributed by atoms with Crippen molar-refractivity contribution < 1.29 is 33.7 Å². The molecular formula is C29H28N4O7S. The molecular weight excluding hydrogens is 548 g/mol. The number of pyridine rings is 1. The molecule has 12 heteroatoms. The Morgan fingerprint density at radius 2 is 1.76 bits per heavy atom. The van der Waals surface area contributed by atoms with Crippen LogP contribution < -0.4 is 14.4 Å². The molecule has 1 amide bonds. The molecule has 1 atom stereocenters. The molecule has 1 unspecified atom stereocenters. The lowest BCUT2D eigenvalue weighted by molar-refractivity contribution is -0.132. The van der Waals surface area contributed by atoms with Crippen LogP contribution in [0, 0.1) is 13.8 Å². The molecule has 1 aliphatic rings. The molecule has 0 saturated carbocycles. The highest BCUT2D eigenvalue weighted by Crippen LogP contribution is 2.46. The highest BCUT2D eigenvalue weighted by atomic mass is 32.1. The first-order valence-corrected chi connectivity index (χ1v) is 13.7. The number of aliphatic hydroxyl groups excluding tert-OH is 1. The topological polar surface area (TPSA) is 133 Å². The predicted octanol–water partition coefficient (Wildman–Crippen LogP) is 4.62. The lowest BCUT2D eigenvalue weighted by Gasteiger charge is -2.24. The minimum atomic E-state index is -1.10. The van der Waals surface area contributed by atoms with Crippen LogP contribution in [-0.2, 0) is 14.3 Å². The Bertz CT molecular complexity index is 1720. The molecule has 0 aliphatic carbocycles. The summed E-state index contributed by atoms with van der Waals surface area (Å²) in [5.41, 5.74) is 1.98. The molecule has 4 heterocycles. The molecule has 1 saturated heterocycles. The summed E-state index contributed by atoms with van der Waals surface area (Å²) in [5.74, 6) is -1.90. The van der Waals surface area contributed by atoms with Gasteiger partial charge in [-0.2, -0.15) is 0 Å². The molecule has 1 aromatic carbocycles. The Balaban J connectivity index is 1.78. The lowest BCUT2D eigenvalue weighted by atomic mass is 9.96. The van der Waals surface area contributed by atoms with E-state index in [1.54, 1.807) is 54.8 Å². The van der Waals surface area contributed by atoms with E-state index < -0.39 is 23.7 Å². The van der Waals surface area contributed by atoms with Gasteiger partial charge in [0.1, 0.15) is 16.2 Å². The molecule has 212 valence electrons. The summed E-state index contributed by atoms with van der Waals surface area (Å²) in [6, 6.07) is 9.32. The minimum Gasteiger partial charge on any atom is -0.505 e. The van der Waals surface area contributed by atoms with E-state index in [9.17, 15) is 19.5 Å². The maximum absolute atomic E-state index is 13.7. The summed E-state index contributed by atoms with van der Waals surface area (Å²) >= 11 is 0.926. The van der Waals surface area contributed by atoms with Crippen molar-refractivity contribution in [2.75, 3.05) is 25.2 Å². The molecule has 5 rings (SSSR count). The number of esters is 1. The number of aliphatic hydroxyl groups is 1. The van der Waals surface area contributed by atoms with E-state index in [2.05, 4.69) is 9.97 Å². The van der Waals surface area contributed by atoms with Crippen LogP contribution in [0.1, 0.15) is 52.2 Å². The number of carbonyl (C=O) groups excluding carboxylic acids is 3. The Morgan fingerprint density at radius 1 is 1.02 bits per heavy atom. The fraction of sp³-hybridized carbons (Fsp3) is 0.276. The van der Waals surface area contributed by atoms with Gasteiger partial charge in [0, 0.05) is 6.20 Å². The van der Waals surface area contributed by atoms with Crippen LogP contribution in [0.3, 0.4) is 0 Å². The maximum Gasteiger partial charge on any atom is 0.350 e. The lowest BCUT2D eigenvalue weighted by Crippen LogP contribution is -2.29. The first-order chi connectivity index (χ1) is 19.7. The smallest absolute Gasteiger partial charge is 0.350 e. The van der Waals surface area contributed by atoms with Crippen molar-refractivity contribution in [1.29, 1.82) is 0 Å². The number of carbonyl (C=O) groups is 3. The number of hydrogen-bond acceptors (Lipinski definition) is 10. The first-order valence-electron chi connectivity index (χ1n) is 12.9. The summed E-state index contributed by atoms with van der Waals surface area (Å²) in [5, 5.41) is 11.8. The van der Waals surface area contributed by atoms with Gasteiger partial charge >= 0.3 is 11.9 Å². The number of aromatic nitrogens is 3. The maximum atomic E-state index is 13.7. The number of nitrogens with zero attached hydrogens (tertiary/aromatic N) is 4. The highest BCUT2D eigenvalue weighted by Gasteiger charge is 2.49. The average molecular weight is 577 g/mol. The van der Waals surface area contributed by atoms with Crippen LogP contribution in [0.25, 0.3) is 11.4 Å². The number of Topliss-reactive ketones (excluding diaryl/α,β-unsaturated/α-hetero) is 1. The number of ether oxygens (including phenoxy) is 3. The standard InChI is InChI=1S/C29H28N4O7S/c1-6-39-18-12-11-17(14-19(18)40-7-2)23-21(24(34)22-15(3)30-20-10-8-9-13-32(20)22)25(35)27(36)33(23)29-31-16(4)26(41-29)28(37)38-5/h8-14,23,34H,6-7H2,1-5H3/b24-21+. The Labute approximate surface area is 239 Å². The quantitative estimate of drug-likeness (QED) is 0.138. The van der Waals surface area contributed by atoms with Crippen molar-refractivity contribution in [1.82, 2.24) is 14.4 Å². The van der Waals surface area contributed by atoms with Crippen molar-refractivity contribution >= 4 is 45.5 Å². The van der Waals surface area contributed by atoms with E-state index >= 15 is 0 Å². The fourth-order valence-electron chi connectivity index (χ4n) is 4.88. The van der Waals surface area contributed by atoms with E-state index in [-0.39, 0.29) is 27.0 Å². The number of thiazole rings is 1. The van der Waals surface area contributed by atoms with Crippen LogP contribution in [0.5, 0.6) is 11.5 Å². The van der Waals surface area contributed by atoms with Crippen molar-refractivity contribution in [2.45, 2.75) is 33.7 Å². The minimum absolute atomic E-state index is 0.107. The number of benzene rings is 1. The second kappa shape index (κ2) is 11.0. The predicted molar refractivity (Wildman–Crippen MR) is 152 cm³/mol. The largest absolute Gasteiger partial charge is 0.505 e. The zero-order valence-corrected chi connectivity index (χ0v) is 23.9. The summed E-state index contributed by atoms with van der Waals surface area (Å²) < 4.78 is 18.0. The van der Waals surface area contributed by atoms with Gasteiger partial charge in [-0.25, -0.2) is 14.8 Å². The Morgan fingerprint density at radius 3 is 2.46 bits per heavy atom. The van der Waals surface area contributed by atoms with E-state index in [0.717, 1.165) is 11.3 Å². The van der Waals surface area contributed by atoms with E-state index in [4.69, 9.17) is 14.2 Å². The molecule has 0 radical (unpaired) electrons. The van der Waals surface area contributed by atoms with E-state index in [1.165, 1.54) is 12.0 Å². The third-order valence-corrected chi connectivity index (χ3v) is 7.76. The normalized spacial score (nSPS) is 16.4. The van der Waals surface area contributed by atoms with Gasteiger partial charge in [0.25, 0.3) is 5.78 Å². The molecule has 1 N–H and O–H groups in total. The monoisotopic (exact) mass is 576 g/mol. The fourth-order valence-corrected chi connectivity index (χ4v) is 5.89. The zero-order valence-electron chi connectivity index (χ0n) is 23.1. The third-order valence-electron chi connectivity index (χ3n) is 6.62. The van der Waals surface area contributed by atoms with Crippen LogP contribution in [-0.4, -0.2) is 57.5 Å². The van der Waals surface area contributed by atoms with E-state index in [1.807, 2.05) is 19.9 Å². The molecule has 4 aromatic rings. The van der Waals surface area contributed by atoms with Gasteiger partial charge in [0.15, 0.2) is 22.4 Å². The number of hydrogen-bond donors (Lipinski definition) is 1. The Hall–Kier alpha value is -4.71. The van der Waals surface area contributed by atoms with Crippen molar-refractivity contribution in [3.63, 3.8) is 0 Å². The van der Waals surface area contributed by atoms with Crippen LogP contribution in [0.2, 0.25) is 0 Å². The van der Waals surface area contributed by atoms with Crippen LogP contribution >= 0.6 is 11.3 Å². The zero-order chi connectivity index (χ0) is 29.4. The van der Waals surface area contributed by atoms with Gasteiger partial charge in [0.2, 0.25) is 0 Å². The van der Waals surface area contributed by atoms with Gasteiger partial charge in [-0.05, 0) is 57.5 Å². The van der Waals surface area contributed by atoms with Gasteiger partial charge in [-0.1, -0.05) is 23.5 Å². The molecule has 0 spiro atoms. The summed E-state index contributed by atoms with van der Waals surface area (Å²) in [6.45, 7) is 7.75.